The Morgan fingerprint density at radius 2 is 2.33 bits per heavy atom. The molecule has 1 atom stereocenters. The Labute approximate surface area is 94.4 Å². The normalized spacial score (nSPS) is 22.1. The third kappa shape index (κ3) is 2.65. The lowest BCUT2D eigenvalue weighted by atomic mass is 10.2. The number of nitrogens with zero attached hydrogens (tertiary/aromatic N) is 3. The van der Waals surface area contributed by atoms with E-state index in [0.717, 1.165) is 25.3 Å². The maximum atomic E-state index is 5.70. The summed E-state index contributed by atoms with van der Waals surface area (Å²) in [5, 5.41) is 8.32. The van der Waals surface area contributed by atoms with Crippen molar-refractivity contribution in [1.82, 2.24) is 15.1 Å². The fourth-order valence-electron chi connectivity index (χ4n) is 2.01. The molecule has 0 bridgehead atoms. The molecule has 1 aliphatic heterocycles. The van der Waals surface area contributed by atoms with Gasteiger partial charge in [-0.05, 0) is 31.5 Å². The molecule has 1 unspecified atom stereocenters. The minimum atomic E-state index is 0.440. The highest BCUT2D eigenvalue weighted by Gasteiger charge is 2.23. The van der Waals surface area contributed by atoms with Gasteiger partial charge in [-0.15, -0.1) is 5.10 Å². The molecule has 1 aromatic rings. The van der Waals surface area contributed by atoms with Gasteiger partial charge in [-0.25, -0.2) is 0 Å². The lowest BCUT2D eigenvalue weighted by Crippen LogP contribution is -2.35. The summed E-state index contributed by atoms with van der Waals surface area (Å²) in [5.41, 5.74) is 6.66. The van der Waals surface area contributed by atoms with Gasteiger partial charge in [-0.1, -0.05) is 11.6 Å². The van der Waals surface area contributed by atoms with E-state index in [9.17, 15) is 0 Å². The largest absolute Gasteiger partial charge is 0.329 e. The summed E-state index contributed by atoms with van der Waals surface area (Å²) in [7, 11) is 0. The zero-order valence-corrected chi connectivity index (χ0v) is 9.32. The molecule has 4 nitrogen and oxygen atoms in total. The van der Waals surface area contributed by atoms with Crippen molar-refractivity contribution in [2.24, 2.45) is 5.73 Å². The Morgan fingerprint density at radius 1 is 1.47 bits per heavy atom. The molecule has 1 fully saturated rings. The highest BCUT2D eigenvalue weighted by Crippen LogP contribution is 2.18. The summed E-state index contributed by atoms with van der Waals surface area (Å²) >= 11 is 5.68. The fraction of sp³-hybridized carbons (Fsp3) is 0.600. The van der Waals surface area contributed by atoms with Crippen molar-refractivity contribution in [2.45, 2.75) is 25.4 Å². The summed E-state index contributed by atoms with van der Waals surface area (Å²) in [5.74, 6) is 0. The predicted molar refractivity (Wildman–Crippen MR) is 59.5 cm³/mol. The molecule has 0 aromatic carbocycles. The second kappa shape index (κ2) is 4.88. The fourth-order valence-corrected chi connectivity index (χ4v) is 2.11. The molecule has 2 heterocycles. The molecule has 1 saturated heterocycles. The lowest BCUT2D eigenvalue weighted by molar-refractivity contribution is 0.246. The summed E-state index contributed by atoms with van der Waals surface area (Å²) in [4.78, 5) is 2.36. The average molecular weight is 227 g/mol. The van der Waals surface area contributed by atoms with Crippen LogP contribution in [0.15, 0.2) is 12.1 Å². The van der Waals surface area contributed by atoms with Gasteiger partial charge in [0, 0.05) is 19.1 Å². The van der Waals surface area contributed by atoms with E-state index in [1.54, 1.807) is 6.07 Å². The highest BCUT2D eigenvalue weighted by molar-refractivity contribution is 6.29. The van der Waals surface area contributed by atoms with Gasteiger partial charge >= 0.3 is 0 Å². The summed E-state index contributed by atoms with van der Waals surface area (Å²) in [6, 6.07) is 4.20. The van der Waals surface area contributed by atoms with Gasteiger partial charge in [0.15, 0.2) is 5.15 Å². The summed E-state index contributed by atoms with van der Waals surface area (Å²) < 4.78 is 0. The van der Waals surface area contributed by atoms with Crippen LogP contribution in [0.4, 0.5) is 0 Å². The molecule has 1 aromatic heterocycles. The molecular formula is C10H15ClN4. The van der Waals surface area contributed by atoms with Crippen molar-refractivity contribution in [1.29, 1.82) is 0 Å². The van der Waals surface area contributed by atoms with E-state index >= 15 is 0 Å². The maximum Gasteiger partial charge on any atom is 0.151 e. The van der Waals surface area contributed by atoms with Crippen LogP contribution in [0, 0.1) is 0 Å². The van der Waals surface area contributed by atoms with Crippen molar-refractivity contribution in [2.75, 3.05) is 13.1 Å². The van der Waals surface area contributed by atoms with Crippen LogP contribution in [-0.4, -0.2) is 34.2 Å². The quantitative estimate of drug-likeness (QED) is 0.837. The van der Waals surface area contributed by atoms with Gasteiger partial charge in [0.05, 0.1) is 5.69 Å². The van der Waals surface area contributed by atoms with E-state index in [1.165, 1.54) is 12.8 Å². The van der Waals surface area contributed by atoms with Gasteiger partial charge in [0.25, 0.3) is 0 Å². The SMILES string of the molecule is NCC1CCCN1Cc1ccc(Cl)nn1. The van der Waals surface area contributed by atoms with Gasteiger partial charge in [0.2, 0.25) is 0 Å². The zero-order valence-electron chi connectivity index (χ0n) is 8.56. The molecule has 82 valence electrons. The number of aromatic nitrogens is 2. The number of halogens is 1. The van der Waals surface area contributed by atoms with Gasteiger partial charge < -0.3 is 5.73 Å². The molecule has 0 spiro atoms. The Morgan fingerprint density at radius 3 is 3.00 bits per heavy atom. The van der Waals surface area contributed by atoms with E-state index < -0.39 is 0 Å². The highest BCUT2D eigenvalue weighted by atomic mass is 35.5. The molecule has 0 aliphatic carbocycles. The lowest BCUT2D eigenvalue weighted by Gasteiger charge is -2.22. The molecule has 0 amide bonds. The van der Waals surface area contributed by atoms with E-state index in [-0.39, 0.29) is 0 Å². The van der Waals surface area contributed by atoms with Crippen molar-refractivity contribution >= 4 is 11.6 Å². The van der Waals surface area contributed by atoms with Crippen LogP contribution in [-0.2, 0) is 6.54 Å². The zero-order chi connectivity index (χ0) is 10.7. The Hall–Kier alpha value is -0.710. The Kier molecular flexibility index (Phi) is 3.51. The second-order valence-electron chi connectivity index (χ2n) is 3.85. The second-order valence-corrected chi connectivity index (χ2v) is 4.24. The van der Waals surface area contributed by atoms with Crippen LogP contribution in [0.1, 0.15) is 18.5 Å². The monoisotopic (exact) mass is 226 g/mol. The summed E-state index contributed by atoms with van der Waals surface area (Å²) in [6.45, 7) is 2.65. The third-order valence-electron chi connectivity index (χ3n) is 2.82. The first-order valence-corrected chi connectivity index (χ1v) is 5.59. The number of rotatable bonds is 3. The first-order chi connectivity index (χ1) is 7.29. The molecule has 2 N–H and O–H groups in total. The predicted octanol–water partition coefficient (Wildman–Crippen LogP) is 1.05. The van der Waals surface area contributed by atoms with E-state index in [1.807, 2.05) is 6.07 Å². The first kappa shape index (κ1) is 10.8. The van der Waals surface area contributed by atoms with Crippen LogP contribution in [0.2, 0.25) is 5.15 Å². The van der Waals surface area contributed by atoms with Crippen molar-refractivity contribution < 1.29 is 0 Å². The smallest absolute Gasteiger partial charge is 0.151 e. The van der Waals surface area contributed by atoms with E-state index in [0.29, 0.717) is 11.2 Å². The Bertz CT molecular complexity index is 314. The maximum absolute atomic E-state index is 5.70. The van der Waals surface area contributed by atoms with Crippen molar-refractivity contribution in [3.63, 3.8) is 0 Å². The molecule has 5 heteroatoms. The molecule has 1 aliphatic rings. The molecule has 0 saturated carbocycles. The minimum absolute atomic E-state index is 0.440. The molecular weight excluding hydrogens is 212 g/mol. The van der Waals surface area contributed by atoms with E-state index in [2.05, 4.69) is 15.1 Å². The van der Waals surface area contributed by atoms with Gasteiger partial charge in [-0.2, -0.15) is 5.10 Å². The third-order valence-corrected chi connectivity index (χ3v) is 3.03. The number of hydrogen-bond acceptors (Lipinski definition) is 4. The average Bonchev–Trinajstić information content (AvgIpc) is 2.69. The Balaban J connectivity index is 1.99. The van der Waals surface area contributed by atoms with Crippen LogP contribution in [0.5, 0.6) is 0 Å². The van der Waals surface area contributed by atoms with E-state index in [4.69, 9.17) is 17.3 Å². The van der Waals surface area contributed by atoms with Gasteiger partial charge in [-0.3, -0.25) is 4.90 Å². The summed E-state index contributed by atoms with van der Waals surface area (Å²) in [6.07, 6.45) is 2.42. The first-order valence-electron chi connectivity index (χ1n) is 5.22. The minimum Gasteiger partial charge on any atom is -0.329 e. The van der Waals surface area contributed by atoms with Crippen molar-refractivity contribution in [3.8, 4) is 0 Å². The number of hydrogen-bond donors (Lipinski definition) is 1. The van der Waals surface area contributed by atoms with Crippen molar-refractivity contribution in [3.05, 3.63) is 23.0 Å². The molecule has 15 heavy (non-hydrogen) atoms. The number of nitrogens with two attached hydrogens (primary N) is 1. The van der Waals surface area contributed by atoms with Crippen LogP contribution in [0.3, 0.4) is 0 Å². The molecule has 2 rings (SSSR count). The number of likely N-dealkylation sites (tertiary alicyclic amines) is 1. The topological polar surface area (TPSA) is 55.0 Å². The van der Waals surface area contributed by atoms with Crippen LogP contribution >= 0.6 is 11.6 Å². The van der Waals surface area contributed by atoms with Gasteiger partial charge in [0.1, 0.15) is 0 Å². The molecule has 0 radical (unpaired) electrons. The standard InChI is InChI=1S/C10H15ClN4/c11-10-4-3-8(13-14-10)7-15-5-1-2-9(15)6-12/h3-4,9H,1-2,5-7,12H2. The van der Waals surface area contributed by atoms with Crippen LogP contribution in [0.25, 0.3) is 0 Å². The van der Waals surface area contributed by atoms with Crippen LogP contribution < -0.4 is 5.73 Å².